The molecule has 8 atom stereocenters. The number of hydrogen-bond donors (Lipinski definition) is 0. The van der Waals surface area contributed by atoms with Gasteiger partial charge in [-0.1, -0.05) is 99.3 Å². The summed E-state index contributed by atoms with van der Waals surface area (Å²) >= 11 is 0. The smallest absolute Gasteiger partial charge is 0.0352 e. The van der Waals surface area contributed by atoms with E-state index in [0.717, 1.165) is 59.2 Å². The van der Waals surface area contributed by atoms with Crippen LogP contribution in [0.1, 0.15) is 131 Å². The van der Waals surface area contributed by atoms with E-state index in [2.05, 4.69) is 41.5 Å². The van der Waals surface area contributed by atoms with Gasteiger partial charge in [0.1, 0.15) is 0 Å². The number of rotatable bonds is 4. The largest absolute Gasteiger partial charge is 0.0625 e. The minimum absolute atomic E-state index is 0.884. The number of hydrogen-bond acceptors (Lipinski definition) is 0. The quantitative estimate of drug-likeness (QED) is 0.427. The van der Waals surface area contributed by atoms with Crippen molar-refractivity contribution in [2.45, 2.75) is 131 Å². The molecule has 3 aliphatic rings. The Bertz CT molecular complexity index is 434. The lowest BCUT2D eigenvalue weighted by Gasteiger charge is -2.46. The van der Waals surface area contributed by atoms with Gasteiger partial charge in [-0.05, 0) is 91.3 Å². The van der Waals surface area contributed by atoms with E-state index in [1.165, 1.54) is 70.6 Å². The van der Waals surface area contributed by atoms with Gasteiger partial charge in [0.15, 0.2) is 0 Å². The fourth-order valence-corrected chi connectivity index (χ4v) is 8.38. The van der Waals surface area contributed by atoms with Gasteiger partial charge in [-0.2, -0.15) is 0 Å². The summed E-state index contributed by atoms with van der Waals surface area (Å²) in [6, 6.07) is 0. The summed E-state index contributed by atoms with van der Waals surface area (Å²) in [4.78, 5) is 0. The zero-order valence-corrected chi connectivity index (χ0v) is 21.7. The molecule has 30 heavy (non-hydrogen) atoms. The molecule has 0 radical (unpaired) electrons. The van der Waals surface area contributed by atoms with Gasteiger partial charge in [-0.15, -0.1) is 0 Å². The molecule has 3 rings (SSSR count). The van der Waals surface area contributed by atoms with Crippen molar-refractivity contribution in [3.63, 3.8) is 0 Å². The molecule has 0 aliphatic heterocycles. The molecule has 0 spiro atoms. The van der Waals surface area contributed by atoms with Crippen molar-refractivity contribution in [2.75, 3.05) is 0 Å². The predicted octanol–water partition coefficient (Wildman–Crippen LogP) is 9.77. The molecule has 0 saturated heterocycles. The molecule has 0 aromatic rings. The van der Waals surface area contributed by atoms with Crippen molar-refractivity contribution in [3.8, 4) is 0 Å². The van der Waals surface area contributed by atoms with Crippen LogP contribution in [0.3, 0.4) is 0 Å². The van der Waals surface area contributed by atoms with Gasteiger partial charge in [-0.3, -0.25) is 0 Å². The summed E-state index contributed by atoms with van der Waals surface area (Å²) in [6.45, 7) is 15.2. The molecule has 0 heteroatoms. The van der Waals surface area contributed by atoms with Gasteiger partial charge >= 0.3 is 0 Å². The van der Waals surface area contributed by atoms with E-state index in [4.69, 9.17) is 0 Å². The molecule has 0 nitrogen and oxygen atoms in total. The van der Waals surface area contributed by atoms with Gasteiger partial charge in [0.25, 0.3) is 0 Å². The second-order valence-corrected chi connectivity index (χ2v) is 13.1. The molecule has 0 N–H and O–H groups in total. The Labute approximate surface area is 190 Å². The van der Waals surface area contributed by atoms with Crippen LogP contribution in [0.2, 0.25) is 0 Å². The van der Waals surface area contributed by atoms with Crippen molar-refractivity contribution >= 4 is 0 Å². The van der Waals surface area contributed by atoms with E-state index in [0.29, 0.717) is 0 Å². The second-order valence-electron chi connectivity index (χ2n) is 13.1. The molecular weight excluding hydrogens is 360 g/mol. The third kappa shape index (κ3) is 6.51. The molecule has 0 heterocycles. The molecule has 176 valence electrons. The Hall–Kier alpha value is 0. The first-order chi connectivity index (χ1) is 14.4. The van der Waals surface area contributed by atoms with Crippen molar-refractivity contribution in [1.82, 2.24) is 0 Å². The highest BCUT2D eigenvalue weighted by molar-refractivity contribution is 4.90. The maximum absolute atomic E-state index is 2.55. The predicted molar refractivity (Wildman–Crippen MR) is 134 cm³/mol. The van der Waals surface area contributed by atoms with Crippen molar-refractivity contribution in [1.29, 1.82) is 0 Å². The zero-order chi connectivity index (χ0) is 21.7. The monoisotopic (exact) mass is 416 g/mol. The van der Waals surface area contributed by atoms with Crippen molar-refractivity contribution < 1.29 is 0 Å². The normalized spacial score (nSPS) is 42.4. The highest BCUT2D eigenvalue weighted by Crippen LogP contribution is 2.50. The average molecular weight is 417 g/mol. The molecule has 0 bridgehead atoms. The van der Waals surface area contributed by atoms with Crippen LogP contribution in [0.25, 0.3) is 0 Å². The Morgan fingerprint density at radius 1 is 0.467 bits per heavy atom. The lowest BCUT2D eigenvalue weighted by Crippen LogP contribution is -2.37. The van der Waals surface area contributed by atoms with Gasteiger partial charge in [0.05, 0.1) is 0 Å². The average Bonchev–Trinajstić information content (AvgIpc) is 2.71. The molecule has 3 saturated carbocycles. The first-order valence-corrected chi connectivity index (χ1v) is 14.4. The van der Waals surface area contributed by atoms with Crippen LogP contribution >= 0.6 is 0 Å². The Morgan fingerprint density at radius 3 is 1.27 bits per heavy atom. The minimum Gasteiger partial charge on any atom is -0.0625 e. The highest BCUT2D eigenvalue weighted by Gasteiger charge is 2.40. The molecule has 0 amide bonds. The van der Waals surface area contributed by atoms with Crippen LogP contribution in [-0.4, -0.2) is 0 Å². The summed E-state index contributed by atoms with van der Waals surface area (Å²) in [6.07, 6.45) is 21.3. The summed E-state index contributed by atoms with van der Waals surface area (Å²) in [7, 11) is 0. The molecule has 8 unspecified atom stereocenters. The van der Waals surface area contributed by atoms with E-state index in [-0.39, 0.29) is 0 Å². The van der Waals surface area contributed by atoms with E-state index < -0.39 is 0 Å². The molecular formula is C30H56. The lowest BCUT2D eigenvalue weighted by atomic mass is 9.59. The summed E-state index contributed by atoms with van der Waals surface area (Å²) in [5.74, 6) is 9.80. The Morgan fingerprint density at radius 2 is 0.867 bits per heavy atom. The van der Waals surface area contributed by atoms with Gasteiger partial charge in [-0.25, -0.2) is 0 Å². The van der Waals surface area contributed by atoms with Gasteiger partial charge in [0.2, 0.25) is 0 Å². The maximum Gasteiger partial charge on any atom is -0.0352 e. The lowest BCUT2D eigenvalue weighted by molar-refractivity contribution is 0.0340. The molecule has 0 aromatic heterocycles. The van der Waals surface area contributed by atoms with Crippen LogP contribution in [0, 0.1) is 59.2 Å². The second kappa shape index (κ2) is 11.7. The van der Waals surface area contributed by atoms with Crippen LogP contribution in [0.15, 0.2) is 0 Å². The summed E-state index contributed by atoms with van der Waals surface area (Å²) < 4.78 is 0. The van der Waals surface area contributed by atoms with Crippen LogP contribution in [-0.2, 0) is 0 Å². The minimum atomic E-state index is 0.884. The van der Waals surface area contributed by atoms with Crippen LogP contribution < -0.4 is 0 Å². The Kier molecular flexibility index (Phi) is 9.65. The van der Waals surface area contributed by atoms with E-state index in [1.807, 2.05) is 0 Å². The topological polar surface area (TPSA) is 0 Å². The van der Waals surface area contributed by atoms with Crippen LogP contribution in [0.4, 0.5) is 0 Å². The fourth-order valence-electron chi connectivity index (χ4n) is 8.38. The molecule has 3 fully saturated rings. The van der Waals surface area contributed by atoms with Crippen LogP contribution in [0.5, 0.6) is 0 Å². The Balaban J connectivity index is 1.82. The molecule has 0 aromatic carbocycles. The van der Waals surface area contributed by atoms with Crippen molar-refractivity contribution in [2.24, 2.45) is 59.2 Å². The van der Waals surface area contributed by atoms with E-state index in [1.54, 1.807) is 19.3 Å². The van der Waals surface area contributed by atoms with E-state index >= 15 is 0 Å². The SMILES string of the molecule is CC1CCC(C(C)C)C(C2CCCCCCCC(C3CC(C)CCC3C(C)C)C2)C1. The first kappa shape index (κ1) is 24.6. The van der Waals surface area contributed by atoms with Crippen molar-refractivity contribution in [3.05, 3.63) is 0 Å². The van der Waals surface area contributed by atoms with Gasteiger partial charge in [0, 0.05) is 0 Å². The zero-order valence-electron chi connectivity index (χ0n) is 21.7. The summed E-state index contributed by atoms with van der Waals surface area (Å²) in [5, 5.41) is 0. The standard InChI is InChI=1S/C30H56/c1-21(2)27-16-14-23(5)18-29(27)25-12-10-8-7-9-11-13-26(20-25)30-19-24(6)15-17-28(30)22(3)4/h21-30H,7-20H2,1-6H3. The van der Waals surface area contributed by atoms with Gasteiger partial charge < -0.3 is 0 Å². The fraction of sp³-hybridized carbons (Fsp3) is 1.00. The maximum atomic E-state index is 2.55. The third-order valence-electron chi connectivity index (χ3n) is 10.1. The third-order valence-corrected chi connectivity index (χ3v) is 10.1. The first-order valence-electron chi connectivity index (χ1n) is 14.4. The highest BCUT2D eigenvalue weighted by atomic mass is 14.5. The summed E-state index contributed by atoms with van der Waals surface area (Å²) in [5.41, 5.74) is 0. The van der Waals surface area contributed by atoms with E-state index in [9.17, 15) is 0 Å². The molecule has 3 aliphatic carbocycles.